The van der Waals surface area contributed by atoms with E-state index in [1.165, 1.54) is 0 Å². The first-order valence-corrected chi connectivity index (χ1v) is 9.27. The third-order valence-electron chi connectivity index (χ3n) is 3.98. The highest BCUT2D eigenvalue weighted by Crippen LogP contribution is 2.17. The van der Waals surface area contributed by atoms with Crippen LogP contribution in [0.3, 0.4) is 0 Å². The molecule has 0 spiro atoms. The van der Waals surface area contributed by atoms with Gasteiger partial charge in [0.1, 0.15) is 18.4 Å². The van der Waals surface area contributed by atoms with Gasteiger partial charge in [0.2, 0.25) is 0 Å². The summed E-state index contributed by atoms with van der Waals surface area (Å²) in [4.78, 5) is 35.3. The molecule has 29 heavy (non-hydrogen) atoms. The van der Waals surface area contributed by atoms with Gasteiger partial charge in [-0.2, -0.15) is 0 Å². The van der Waals surface area contributed by atoms with Gasteiger partial charge in [-0.3, -0.25) is 20.4 Å². The maximum absolute atomic E-state index is 12.2. The first-order chi connectivity index (χ1) is 13.8. The van der Waals surface area contributed by atoms with Gasteiger partial charge in [0, 0.05) is 10.6 Å². The van der Waals surface area contributed by atoms with Crippen molar-refractivity contribution in [2.45, 2.75) is 26.5 Å². The smallest absolute Gasteiger partial charge is 0.312 e. The third-order valence-corrected chi connectivity index (χ3v) is 4.23. The van der Waals surface area contributed by atoms with Crippen LogP contribution in [0.2, 0.25) is 5.02 Å². The molecule has 0 aliphatic carbocycles. The van der Waals surface area contributed by atoms with E-state index in [4.69, 9.17) is 22.1 Å². The Morgan fingerprint density at radius 2 is 1.62 bits per heavy atom. The Hall–Kier alpha value is -3.26. The predicted octanol–water partition coefficient (Wildman–Crippen LogP) is 2.37. The number of rotatable bonds is 7. The summed E-state index contributed by atoms with van der Waals surface area (Å²) in [6.45, 7) is 3.81. The van der Waals surface area contributed by atoms with Crippen LogP contribution < -0.4 is 26.6 Å². The molecule has 1 atom stereocenters. The van der Waals surface area contributed by atoms with Crippen LogP contribution in [0.4, 0.5) is 4.79 Å². The minimum Gasteiger partial charge on any atom is -0.489 e. The Morgan fingerprint density at radius 1 is 1.00 bits per heavy atom. The molecule has 9 heteroatoms. The zero-order valence-electron chi connectivity index (χ0n) is 16.1. The molecule has 5 N–H and O–H groups in total. The summed E-state index contributed by atoms with van der Waals surface area (Å²) in [6, 6.07) is 12.1. The van der Waals surface area contributed by atoms with Crippen LogP contribution in [-0.2, 0) is 11.4 Å². The number of halogens is 1. The monoisotopic (exact) mass is 418 g/mol. The maximum atomic E-state index is 12.2. The van der Waals surface area contributed by atoms with Crippen molar-refractivity contribution in [2.75, 3.05) is 0 Å². The molecule has 0 radical (unpaired) electrons. The van der Waals surface area contributed by atoms with Crippen LogP contribution in [0, 0.1) is 5.92 Å². The van der Waals surface area contributed by atoms with Crippen molar-refractivity contribution in [1.29, 1.82) is 0 Å². The number of primary amides is 1. The second kappa shape index (κ2) is 10.3. The summed E-state index contributed by atoms with van der Waals surface area (Å²) < 4.78 is 5.65. The number of benzene rings is 2. The second-order valence-corrected chi connectivity index (χ2v) is 7.05. The van der Waals surface area contributed by atoms with E-state index in [9.17, 15) is 14.4 Å². The lowest BCUT2D eigenvalue weighted by molar-refractivity contribution is -0.124. The van der Waals surface area contributed by atoms with Gasteiger partial charge in [-0.15, -0.1) is 0 Å². The van der Waals surface area contributed by atoms with Crippen LogP contribution >= 0.6 is 11.6 Å². The van der Waals surface area contributed by atoms with E-state index in [2.05, 4.69) is 16.2 Å². The zero-order chi connectivity index (χ0) is 21.4. The number of carbonyl (C=O) groups is 3. The van der Waals surface area contributed by atoms with Gasteiger partial charge in [-0.1, -0.05) is 37.6 Å². The fraction of sp³-hybridized carbons (Fsp3) is 0.250. The number of hydrazine groups is 1. The van der Waals surface area contributed by atoms with Gasteiger partial charge >= 0.3 is 6.03 Å². The lowest BCUT2D eigenvalue weighted by Crippen LogP contribution is -2.55. The molecule has 2 aromatic carbocycles. The summed E-state index contributed by atoms with van der Waals surface area (Å²) >= 11 is 5.83. The summed E-state index contributed by atoms with van der Waals surface area (Å²) in [5.41, 5.74) is 10.9. The van der Waals surface area contributed by atoms with Crippen molar-refractivity contribution in [3.05, 3.63) is 64.7 Å². The van der Waals surface area contributed by atoms with Crippen molar-refractivity contribution < 1.29 is 19.1 Å². The number of hydrogen-bond acceptors (Lipinski definition) is 4. The van der Waals surface area contributed by atoms with Gasteiger partial charge in [0.25, 0.3) is 11.8 Å². The molecule has 0 aliphatic rings. The Labute approximate surface area is 173 Å². The SMILES string of the molecule is CC(C)C(NC(N)=O)C(=O)NNC(=O)c1ccc(COc2ccc(Cl)cc2)cc1. The molecule has 4 amide bonds. The predicted molar refractivity (Wildman–Crippen MR) is 109 cm³/mol. The molecule has 0 aromatic heterocycles. The van der Waals surface area contributed by atoms with Crippen molar-refractivity contribution in [3.8, 4) is 5.75 Å². The van der Waals surface area contributed by atoms with Crippen LogP contribution in [0.1, 0.15) is 29.8 Å². The average molecular weight is 419 g/mol. The zero-order valence-corrected chi connectivity index (χ0v) is 16.8. The Kier molecular flexibility index (Phi) is 7.85. The second-order valence-electron chi connectivity index (χ2n) is 6.61. The van der Waals surface area contributed by atoms with Crippen LogP contribution in [0.5, 0.6) is 5.75 Å². The molecule has 154 valence electrons. The molecule has 0 saturated heterocycles. The normalized spacial score (nSPS) is 11.4. The van der Waals surface area contributed by atoms with Gasteiger partial charge in [0.15, 0.2) is 0 Å². The molecule has 0 aliphatic heterocycles. The van der Waals surface area contributed by atoms with Gasteiger partial charge in [-0.25, -0.2) is 4.79 Å². The topological polar surface area (TPSA) is 123 Å². The first-order valence-electron chi connectivity index (χ1n) is 8.89. The molecule has 2 rings (SSSR count). The Bertz CT molecular complexity index is 854. The lowest BCUT2D eigenvalue weighted by Gasteiger charge is -2.20. The Morgan fingerprint density at radius 3 is 2.17 bits per heavy atom. The fourth-order valence-electron chi connectivity index (χ4n) is 2.41. The van der Waals surface area contributed by atoms with E-state index >= 15 is 0 Å². The fourth-order valence-corrected chi connectivity index (χ4v) is 2.53. The summed E-state index contributed by atoms with van der Waals surface area (Å²) in [5, 5.41) is 2.96. The van der Waals surface area contributed by atoms with Crippen LogP contribution in [0.15, 0.2) is 48.5 Å². The molecule has 0 heterocycles. The van der Waals surface area contributed by atoms with Crippen molar-refractivity contribution in [2.24, 2.45) is 11.7 Å². The highest BCUT2D eigenvalue weighted by molar-refractivity contribution is 6.30. The number of ether oxygens (including phenoxy) is 1. The number of urea groups is 1. The van der Waals surface area contributed by atoms with E-state index in [0.717, 1.165) is 5.56 Å². The first kappa shape index (κ1) is 22.0. The molecule has 2 aromatic rings. The van der Waals surface area contributed by atoms with Crippen LogP contribution in [-0.4, -0.2) is 23.9 Å². The number of nitrogens with two attached hydrogens (primary N) is 1. The van der Waals surface area contributed by atoms with E-state index in [1.54, 1.807) is 62.4 Å². The van der Waals surface area contributed by atoms with Crippen molar-refractivity contribution in [3.63, 3.8) is 0 Å². The summed E-state index contributed by atoms with van der Waals surface area (Å²) in [5.74, 6) is -0.590. The maximum Gasteiger partial charge on any atom is 0.312 e. The van der Waals surface area contributed by atoms with E-state index in [0.29, 0.717) is 22.9 Å². The number of hydrogen-bond donors (Lipinski definition) is 4. The van der Waals surface area contributed by atoms with E-state index in [-0.39, 0.29) is 5.92 Å². The molecular formula is C20H23ClN4O4. The van der Waals surface area contributed by atoms with Gasteiger partial charge < -0.3 is 15.8 Å². The Balaban J connectivity index is 1.87. The number of nitrogens with one attached hydrogen (secondary N) is 3. The van der Waals surface area contributed by atoms with Crippen molar-refractivity contribution >= 4 is 29.4 Å². The quantitative estimate of drug-likeness (QED) is 0.515. The molecule has 0 fully saturated rings. The van der Waals surface area contributed by atoms with Gasteiger partial charge in [-0.05, 0) is 47.9 Å². The highest BCUT2D eigenvalue weighted by atomic mass is 35.5. The minimum atomic E-state index is -0.861. The summed E-state index contributed by atoms with van der Waals surface area (Å²) in [6.07, 6.45) is 0. The largest absolute Gasteiger partial charge is 0.489 e. The van der Waals surface area contributed by atoms with Crippen LogP contribution in [0.25, 0.3) is 0 Å². The molecular weight excluding hydrogens is 396 g/mol. The van der Waals surface area contributed by atoms with Crippen molar-refractivity contribution in [1.82, 2.24) is 16.2 Å². The molecule has 0 bridgehead atoms. The molecule has 0 saturated carbocycles. The minimum absolute atomic E-state index is 0.209. The van der Waals surface area contributed by atoms with E-state index in [1.807, 2.05) is 0 Å². The third kappa shape index (κ3) is 7.00. The standard InChI is InChI=1S/C20H23ClN4O4/c1-12(2)17(23-20(22)28)19(27)25-24-18(26)14-5-3-13(4-6-14)11-29-16-9-7-15(21)8-10-16/h3-10,12,17H,11H2,1-2H3,(H,24,26)(H,25,27)(H3,22,23,28). The summed E-state index contributed by atoms with van der Waals surface area (Å²) in [7, 11) is 0. The lowest BCUT2D eigenvalue weighted by atomic mass is 10.0. The van der Waals surface area contributed by atoms with E-state index < -0.39 is 23.9 Å². The number of carbonyl (C=O) groups excluding carboxylic acids is 3. The number of amides is 4. The van der Waals surface area contributed by atoms with Gasteiger partial charge in [0.05, 0.1) is 0 Å². The highest BCUT2D eigenvalue weighted by Gasteiger charge is 2.23. The molecule has 8 nitrogen and oxygen atoms in total. The molecule has 1 unspecified atom stereocenters. The average Bonchev–Trinajstić information content (AvgIpc) is 2.69.